The van der Waals surface area contributed by atoms with E-state index in [0.717, 1.165) is 12.0 Å². The van der Waals surface area contributed by atoms with Gasteiger partial charge in [-0.15, -0.1) is 0 Å². The van der Waals surface area contributed by atoms with E-state index in [1.165, 1.54) is 64.6 Å². The van der Waals surface area contributed by atoms with E-state index in [2.05, 4.69) is 31.0 Å². The summed E-state index contributed by atoms with van der Waals surface area (Å²) in [5.74, 6) is 0.836. The Balaban J connectivity index is 1.96. The fourth-order valence-electron chi connectivity index (χ4n) is 3.78. The minimum atomic E-state index is 0.527. The van der Waals surface area contributed by atoms with E-state index in [1.807, 2.05) is 0 Å². The molecule has 1 unspecified atom stereocenters. The van der Waals surface area contributed by atoms with E-state index in [9.17, 15) is 0 Å². The molecule has 1 N–H and O–H groups in total. The molecule has 2 rings (SSSR count). The first-order chi connectivity index (χ1) is 8.66. The van der Waals surface area contributed by atoms with E-state index in [0.29, 0.717) is 5.54 Å². The first kappa shape index (κ1) is 14.3. The minimum absolute atomic E-state index is 0.527. The van der Waals surface area contributed by atoms with Gasteiger partial charge in [0.2, 0.25) is 0 Å². The van der Waals surface area contributed by atoms with Crippen molar-refractivity contribution in [2.24, 2.45) is 5.92 Å². The molecule has 1 saturated carbocycles. The fraction of sp³-hybridized carbons (Fsp3) is 1.00. The molecule has 106 valence electrons. The van der Waals surface area contributed by atoms with Crippen LogP contribution in [0.1, 0.15) is 65.7 Å². The summed E-state index contributed by atoms with van der Waals surface area (Å²) >= 11 is 0. The van der Waals surface area contributed by atoms with Gasteiger partial charge in [0, 0.05) is 24.7 Å². The van der Waals surface area contributed by atoms with Crippen molar-refractivity contribution in [2.75, 3.05) is 19.6 Å². The average Bonchev–Trinajstić information content (AvgIpc) is 2.80. The van der Waals surface area contributed by atoms with Crippen LogP contribution in [-0.4, -0.2) is 36.1 Å². The molecule has 0 aromatic rings. The lowest BCUT2D eigenvalue weighted by atomic mass is 9.89. The molecular weight excluding hydrogens is 220 g/mol. The average molecular weight is 252 g/mol. The molecule has 1 spiro atoms. The van der Waals surface area contributed by atoms with Gasteiger partial charge in [-0.2, -0.15) is 0 Å². The van der Waals surface area contributed by atoms with Crippen LogP contribution in [0.25, 0.3) is 0 Å². The van der Waals surface area contributed by atoms with Crippen LogP contribution in [0.15, 0.2) is 0 Å². The molecule has 1 saturated heterocycles. The van der Waals surface area contributed by atoms with Crippen molar-refractivity contribution in [3.05, 3.63) is 0 Å². The summed E-state index contributed by atoms with van der Waals surface area (Å²) < 4.78 is 0. The smallest absolute Gasteiger partial charge is 0.0334 e. The van der Waals surface area contributed by atoms with Gasteiger partial charge in [-0.05, 0) is 38.1 Å². The van der Waals surface area contributed by atoms with E-state index in [4.69, 9.17) is 0 Å². The summed E-state index contributed by atoms with van der Waals surface area (Å²) in [5, 5.41) is 3.83. The Kier molecular flexibility index (Phi) is 5.08. The third kappa shape index (κ3) is 3.27. The molecule has 2 heteroatoms. The predicted octanol–water partition coefficient (Wildman–Crippen LogP) is 3.42. The van der Waals surface area contributed by atoms with Crippen LogP contribution < -0.4 is 5.32 Å². The van der Waals surface area contributed by atoms with Gasteiger partial charge in [0.1, 0.15) is 0 Å². The van der Waals surface area contributed by atoms with Crippen LogP contribution in [-0.2, 0) is 0 Å². The fourth-order valence-corrected chi connectivity index (χ4v) is 3.78. The van der Waals surface area contributed by atoms with Crippen LogP contribution in [0, 0.1) is 5.92 Å². The Labute approximate surface area is 114 Å². The molecule has 2 fully saturated rings. The molecule has 0 amide bonds. The number of nitrogens with zero attached hydrogens (tertiary/aromatic N) is 1. The van der Waals surface area contributed by atoms with Crippen molar-refractivity contribution in [3.8, 4) is 0 Å². The van der Waals surface area contributed by atoms with Crippen molar-refractivity contribution in [1.82, 2.24) is 10.2 Å². The van der Waals surface area contributed by atoms with E-state index in [-0.39, 0.29) is 0 Å². The van der Waals surface area contributed by atoms with Crippen LogP contribution in [0.4, 0.5) is 0 Å². The quantitative estimate of drug-likeness (QED) is 0.806. The van der Waals surface area contributed by atoms with E-state index >= 15 is 0 Å². The van der Waals surface area contributed by atoms with Crippen LogP contribution >= 0.6 is 0 Å². The van der Waals surface area contributed by atoms with E-state index in [1.54, 1.807) is 0 Å². The molecule has 1 heterocycles. The number of hydrogen-bond acceptors (Lipinski definition) is 2. The highest BCUT2D eigenvalue weighted by Crippen LogP contribution is 2.37. The highest BCUT2D eigenvalue weighted by Gasteiger charge is 2.42. The van der Waals surface area contributed by atoms with Crippen molar-refractivity contribution in [3.63, 3.8) is 0 Å². The third-order valence-electron chi connectivity index (χ3n) is 4.98. The maximum absolute atomic E-state index is 3.83. The van der Waals surface area contributed by atoms with E-state index < -0.39 is 0 Å². The molecule has 0 aromatic carbocycles. The first-order valence-corrected chi connectivity index (χ1v) is 8.15. The summed E-state index contributed by atoms with van der Waals surface area (Å²) in [7, 11) is 0. The second-order valence-electron chi connectivity index (χ2n) is 6.93. The lowest BCUT2D eigenvalue weighted by Crippen LogP contribution is -2.63. The number of piperazine rings is 1. The Bertz CT molecular complexity index is 243. The van der Waals surface area contributed by atoms with Crippen LogP contribution in [0.3, 0.4) is 0 Å². The normalized spacial score (nSPS) is 28.3. The molecule has 2 nitrogen and oxygen atoms in total. The molecule has 0 aromatic heterocycles. The highest BCUT2D eigenvalue weighted by atomic mass is 15.3. The molecule has 0 radical (unpaired) electrons. The van der Waals surface area contributed by atoms with Gasteiger partial charge in [0.15, 0.2) is 0 Å². The Morgan fingerprint density at radius 2 is 2.00 bits per heavy atom. The van der Waals surface area contributed by atoms with Gasteiger partial charge >= 0.3 is 0 Å². The maximum atomic E-state index is 3.83. The topological polar surface area (TPSA) is 15.3 Å². The van der Waals surface area contributed by atoms with Gasteiger partial charge in [-0.1, -0.05) is 40.0 Å². The molecule has 1 aliphatic heterocycles. The highest BCUT2D eigenvalue weighted by molar-refractivity contribution is 5.01. The largest absolute Gasteiger partial charge is 0.311 e. The lowest BCUT2D eigenvalue weighted by Gasteiger charge is -2.48. The van der Waals surface area contributed by atoms with Gasteiger partial charge < -0.3 is 5.32 Å². The van der Waals surface area contributed by atoms with Gasteiger partial charge in [0.05, 0.1) is 0 Å². The zero-order valence-electron chi connectivity index (χ0n) is 12.7. The minimum Gasteiger partial charge on any atom is -0.311 e. The second kappa shape index (κ2) is 6.38. The summed E-state index contributed by atoms with van der Waals surface area (Å²) in [5.41, 5.74) is 0.527. The molecule has 0 bridgehead atoms. The zero-order valence-corrected chi connectivity index (χ0v) is 12.7. The summed E-state index contributed by atoms with van der Waals surface area (Å²) in [6, 6.07) is 0.744. The van der Waals surface area contributed by atoms with Crippen molar-refractivity contribution in [1.29, 1.82) is 0 Å². The van der Waals surface area contributed by atoms with Gasteiger partial charge in [-0.25, -0.2) is 0 Å². The number of hydrogen-bond donors (Lipinski definition) is 1. The molecular formula is C16H32N2. The van der Waals surface area contributed by atoms with Gasteiger partial charge in [0.25, 0.3) is 0 Å². The van der Waals surface area contributed by atoms with Crippen molar-refractivity contribution < 1.29 is 0 Å². The van der Waals surface area contributed by atoms with Crippen LogP contribution in [0.5, 0.6) is 0 Å². The Morgan fingerprint density at radius 3 is 2.61 bits per heavy atom. The van der Waals surface area contributed by atoms with Crippen molar-refractivity contribution in [2.45, 2.75) is 77.3 Å². The standard InChI is InChI=1S/C16H32N2/c1-4-7-15-12-18(11-8-14(2)3)16(13-17-15)9-5-6-10-16/h14-15,17H,4-13H2,1-3H3. The lowest BCUT2D eigenvalue weighted by molar-refractivity contribution is 0.0373. The molecule has 18 heavy (non-hydrogen) atoms. The Morgan fingerprint density at radius 1 is 1.28 bits per heavy atom. The monoisotopic (exact) mass is 252 g/mol. The van der Waals surface area contributed by atoms with Crippen molar-refractivity contribution >= 4 is 0 Å². The first-order valence-electron chi connectivity index (χ1n) is 8.15. The number of rotatable bonds is 5. The third-order valence-corrected chi connectivity index (χ3v) is 4.98. The molecule has 1 atom stereocenters. The second-order valence-corrected chi connectivity index (χ2v) is 6.93. The zero-order chi connectivity index (χ0) is 13.0. The number of nitrogens with one attached hydrogen (secondary N) is 1. The molecule has 1 aliphatic carbocycles. The van der Waals surface area contributed by atoms with Gasteiger partial charge in [-0.3, -0.25) is 4.90 Å². The maximum Gasteiger partial charge on any atom is 0.0334 e. The SMILES string of the molecule is CCCC1CN(CCC(C)C)C2(CCCC2)CN1. The predicted molar refractivity (Wildman–Crippen MR) is 78.9 cm³/mol. The summed E-state index contributed by atoms with van der Waals surface area (Å²) in [6.07, 6.45) is 9.75. The summed E-state index contributed by atoms with van der Waals surface area (Å²) in [4.78, 5) is 2.86. The summed E-state index contributed by atoms with van der Waals surface area (Å²) in [6.45, 7) is 10.9. The Hall–Kier alpha value is -0.0800. The molecule has 2 aliphatic rings. The van der Waals surface area contributed by atoms with Crippen LogP contribution in [0.2, 0.25) is 0 Å².